The predicted molar refractivity (Wildman–Crippen MR) is 78.2 cm³/mol. The zero-order chi connectivity index (χ0) is 15.6. The second kappa shape index (κ2) is 5.85. The maximum atomic E-state index is 12.2. The van der Waals surface area contributed by atoms with Crippen LogP contribution in [0.4, 0.5) is 5.69 Å². The highest BCUT2D eigenvalue weighted by molar-refractivity contribution is 7.92. The number of carbonyl (C=O) groups excluding carboxylic acids is 1. The smallest absolute Gasteiger partial charge is 0.337 e. The third-order valence-corrected chi connectivity index (χ3v) is 5.71. The molecule has 0 bridgehead atoms. The minimum atomic E-state index is -3.44. The topological polar surface area (TPSA) is 101 Å². The van der Waals surface area contributed by atoms with Gasteiger partial charge in [0.15, 0.2) is 9.84 Å². The van der Waals surface area contributed by atoms with Gasteiger partial charge in [-0.3, -0.25) is 4.79 Å². The highest BCUT2D eigenvalue weighted by atomic mass is 32.2. The molecule has 0 aliphatic carbocycles. The minimum absolute atomic E-state index is 0.00473. The third kappa shape index (κ3) is 3.41. The SMILES string of the molecule is Cc1ccc(NC(=O)C2CCCCS2(=O)=O)c(C(=O)O)c1. The summed E-state index contributed by atoms with van der Waals surface area (Å²) >= 11 is 0. The number of amides is 1. The van der Waals surface area contributed by atoms with Gasteiger partial charge in [-0.05, 0) is 31.9 Å². The van der Waals surface area contributed by atoms with Gasteiger partial charge >= 0.3 is 5.97 Å². The van der Waals surface area contributed by atoms with Crippen LogP contribution in [0.25, 0.3) is 0 Å². The quantitative estimate of drug-likeness (QED) is 0.883. The van der Waals surface area contributed by atoms with Crippen molar-refractivity contribution in [2.24, 2.45) is 0 Å². The molecule has 1 aromatic rings. The summed E-state index contributed by atoms with van der Waals surface area (Å²) in [6.45, 7) is 1.74. The molecule has 1 atom stereocenters. The Hall–Kier alpha value is -1.89. The van der Waals surface area contributed by atoms with Crippen molar-refractivity contribution in [3.63, 3.8) is 0 Å². The molecule has 7 heteroatoms. The van der Waals surface area contributed by atoms with E-state index in [1.54, 1.807) is 13.0 Å². The van der Waals surface area contributed by atoms with Crippen LogP contribution in [-0.4, -0.2) is 36.4 Å². The molecule has 1 heterocycles. The molecule has 2 rings (SSSR count). The molecule has 1 aliphatic rings. The summed E-state index contributed by atoms with van der Waals surface area (Å²) in [5, 5.41) is 10.5. The molecule has 21 heavy (non-hydrogen) atoms. The number of aromatic carboxylic acids is 1. The molecule has 6 nitrogen and oxygen atoms in total. The molecule has 0 aromatic heterocycles. The van der Waals surface area contributed by atoms with E-state index < -0.39 is 27.0 Å². The first-order valence-electron chi connectivity index (χ1n) is 6.67. The fourth-order valence-corrected chi connectivity index (χ4v) is 4.21. The molecule has 0 spiro atoms. The normalized spacial score (nSPS) is 20.7. The summed E-state index contributed by atoms with van der Waals surface area (Å²) in [5.41, 5.74) is 0.825. The van der Waals surface area contributed by atoms with Crippen LogP contribution in [0.5, 0.6) is 0 Å². The molecule has 2 N–H and O–H groups in total. The lowest BCUT2D eigenvalue weighted by molar-refractivity contribution is -0.116. The Bertz CT molecular complexity index is 681. The van der Waals surface area contributed by atoms with E-state index in [1.165, 1.54) is 12.1 Å². The summed E-state index contributed by atoms with van der Waals surface area (Å²) in [5.74, 6) is -1.81. The van der Waals surface area contributed by atoms with Gasteiger partial charge in [-0.2, -0.15) is 0 Å². The second-order valence-electron chi connectivity index (χ2n) is 5.19. The number of benzene rings is 1. The molecule has 1 fully saturated rings. The van der Waals surface area contributed by atoms with Gasteiger partial charge in [0.1, 0.15) is 5.25 Å². The maximum Gasteiger partial charge on any atom is 0.337 e. The van der Waals surface area contributed by atoms with E-state index in [9.17, 15) is 18.0 Å². The van der Waals surface area contributed by atoms with E-state index in [0.717, 1.165) is 5.56 Å². The van der Waals surface area contributed by atoms with Crippen molar-refractivity contribution in [3.05, 3.63) is 29.3 Å². The van der Waals surface area contributed by atoms with Crippen molar-refractivity contribution < 1.29 is 23.1 Å². The number of aryl methyl sites for hydroxylation is 1. The summed E-state index contributed by atoms with van der Waals surface area (Å²) < 4.78 is 23.8. The molecule has 1 aliphatic heterocycles. The van der Waals surface area contributed by atoms with Crippen molar-refractivity contribution >= 4 is 27.4 Å². The molecule has 1 saturated heterocycles. The predicted octanol–water partition coefficient (Wildman–Crippen LogP) is 1.60. The number of rotatable bonds is 3. The first-order valence-corrected chi connectivity index (χ1v) is 8.39. The van der Waals surface area contributed by atoms with E-state index in [2.05, 4.69) is 5.32 Å². The molecule has 114 valence electrons. The van der Waals surface area contributed by atoms with E-state index >= 15 is 0 Å². The number of hydrogen-bond acceptors (Lipinski definition) is 4. The lowest BCUT2D eigenvalue weighted by Gasteiger charge is -2.21. The van der Waals surface area contributed by atoms with Gasteiger partial charge in [0, 0.05) is 0 Å². The Morgan fingerprint density at radius 1 is 1.29 bits per heavy atom. The summed E-state index contributed by atoms with van der Waals surface area (Å²) in [6, 6.07) is 4.58. The summed E-state index contributed by atoms with van der Waals surface area (Å²) in [6.07, 6.45) is 1.52. The molecular formula is C14H17NO5S. The van der Waals surface area contributed by atoms with Crippen molar-refractivity contribution in [2.45, 2.75) is 31.4 Å². The Labute approximate surface area is 123 Å². The van der Waals surface area contributed by atoms with Gasteiger partial charge in [0.2, 0.25) is 5.91 Å². The molecule has 1 aromatic carbocycles. The van der Waals surface area contributed by atoms with Gasteiger partial charge in [-0.1, -0.05) is 18.1 Å². The second-order valence-corrected chi connectivity index (χ2v) is 7.50. The fraction of sp³-hybridized carbons (Fsp3) is 0.429. The van der Waals surface area contributed by atoms with Crippen LogP contribution in [0.1, 0.15) is 35.2 Å². The van der Waals surface area contributed by atoms with Crippen molar-refractivity contribution in [2.75, 3.05) is 11.1 Å². The van der Waals surface area contributed by atoms with Gasteiger partial charge in [-0.25, -0.2) is 13.2 Å². The van der Waals surface area contributed by atoms with Crippen LogP contribution < -0.4 is 5.32 Å². The van der Waals surface area contributed by atoms with E-state index in [4.69, 9.17) is 5.11 Å². The Balaban J connectivity index is 2.26. The Morgan fingerprint density at radius 2 is 2.00 bits per heavy atom. The molecule has 1 unspecified atom stereocenters. The van der Waals surface area contributed by atoms with Gasteiger partial charge in [0.05, 0.1) is 17.0 Å². The minimum Gasteiger partial charge on any atom is -0.478 e. The molecule has 0 saturated carbocycles. The number of anilines is 1. The number of carboxylic acid groups (broad SMARTS) is 1. The zero-order valence-corrected chi connectivity index (χ0v) is 12.4. The zero-order valence-electron chi connectivity index (χ0n) is 11.6. The van der Waals surface area contributed by atoms with Crippen molar-refractivity contribution in [1.29, 1.82) is 0 Å². The summed E-state index contributed by atoms with van der Waals surface area (Å²) in [7, 11) is -3.44. The van der Waals surface area contributed by atoms with Crippen LogP contribution in [-0.2, 0) is 14.6 Å². The Morgan fingerprint density at radius 3 is 2.62 bits per heavy atom. The number of hydrogen-bond donors (Lipinski definition) is 2. The number of sulfone groups is 1. The highest BCUT2D eigenvalue weighted by Gasteiger charge is 2.35. The van der Waals surface area contributed by atoms with Crippen LogP contribution >= 0.6 is 0 Å². The first kappa shape index (κ1) is 15.5. The number of nitrogens with one attached hydrogen (secondary N) is 1. The summed E-state index contributed by atoms with van der Waals surface area (Å²) in [4.78, 5) is 23.3. The van der Waals surface area contributed by atoms with Gasteiger partial charge in [-0.15, -0.1) is 0 Å². The van der Waals surface area contributed by atoms with E-state index in [0.29, 0.717) is 12.8 Å². The number of carbonyl (C=O) groups is 2. The monoisotopic (exact) mass is 311 g/mol. The van der Waals surface area contributed by atoms with Crippen LogP contribution in [0, 0.1) is 6.92 Å². The van der Waals surface area contributed by atoms with Crippen LogP contribution in [0.2, 0.25) is 0 Å². The van der Waals surface area contributed by atoms with Gasteiger partial charge < -0.3 is 10.4 Å². The standard InChI is InChI=1S/C14H17NO5S/c1-9-5-6-11(10(8-9)14(17)18)15-13(16)12-4-2-3-7-21(12,19)20/h5-6,8,12H,2-4,7H2,1H3,(H,15,16)(H,17,18). The maximum absolute atomic E-state index is 12.2. The molecule has 0 radical (unpaired) electrons. The van der Waals surface area contributed by atoms with Crippen LogP contribution in [0.15, 0.2) is 18.2 Å². The van der Waals surface area contributed by atoms with Crippen LogP contribution in [0.3, 0.4) is 0 Å². The fourth-order valence-electron chi connectivity index (χ4n) is 2.41. The van der Waals surface area contributed by atoms with Gasteiger partial charge in [0.25, 0.3) is 0 Å². The lowest BCUT2D eigenvalue weighted by Crippen LogP contribution is -2.39. The largest absolute Gasteiger partial charge is 0.478 e. The molecular weight excluding hydrogens is 294 g/mol. The van der Waals surface area contributed by atoms with Crippen molar-refractivity contribution in [1.82, 2.24) is 0 Å². The average Bonchev–Trinajstić information content (AvgIpc) is 2.39. The Kier molecular flexibility index (Phi) is 4.32. The third-order valence-electron chi connectivity index (χ3n) is 3.53. The number of carboxylic acids is 1. The highest BCUT2D eigenvalue weighted by Crippen LogP contribution is 2.23. The van der Waals surface area contributed by atoms with Crippen molar-refractivity contribution in [3.8, 4) is 0 Å². The van der Waals surface area contributed by atoms with E-state index in [-0.39, 0.29) is 23.4 Å². The average molecular weight is 311 g/mol. The molecule has 1 amide bonds. The lowest BCUT2D eigenvalue weighted by atomic mass is 10.1. The first-order chi connectivity index (χ1) is 9.81. The van der Waals surface area contributed by atoms with E-state index in [1.807, 2.05) is 0 Å².